The van der Waals surface area contributed by atoms with Crippen molar-refractivity contribution < 1.29 is 9.53 Å². The zero-order chi connectivity index (χ0) is 21.2. The number of ether oxygens (including phenoxy) is 1. The smallest absolute Gasteiger partial charge is 0.255 e. The van der Waals surface area contributed by atoms with Crippen molar-refractivity contribution in [1.82, 2.24) is 14.8 Å². The number of morpholine rings is 1. The number of pyridine rings is 1. The van der Waals surface area contributed by atoms with Crippen molar-refractivity contribution in [2.45, 2.75) is 38.8 Å². The van der Waals surface area contributed by atoms with Crippen LogP contribution in [0.4, 0.5) is 5.69 Å². The molecule has 3 aliphatic heterocycles. The van der Waals surface area contributed by atoms with Crippen LogP contribution in [0.25, 0.3) is 0 Å². The van der Waals surface area contributed by atoms with E-state index in [0.29, 0.717) is 37.9 Å². The Balaban J connectivity index is 1.27. The molecule has 2 aromatic rings. The molecule has 164 valence electrons. The summed E-state index contributed by atoms with van der Waals surface area (Å²) in [6.45, 7) is 9.06. The number of anilines is 1. The van der Waals surface area contributed by atoms with E-state index in [2.05, 4.69) is 41.0 Å². The monoisotopic (exact) mass is 420 g/mol. The number of amides is 1. The number of carbonyl (C=O) groups excluding carboxylic acids is 1. The molecule has 1 amide bonds. The maximum Gasteiger partial charge on any atom is 0.255 e. The summed E-state index contributed by atoms with van der Waals surface area (Å²) in [6.07, 6.45) is 5.23. The minimum Gasteiger partial charge on any atom is -0.378 e. The van der Waals surface area contributed by atoms with Crippen LogP contribution < -0.4 is 4.90 Å². The van der Waals surface area contributed by atoms with E-state index in [9.17, 15) is 4.79 Å². The molecule has 0 radical (unpaired) electrons. The number of nitrogens with zero attached hydrogens (tertiary/aromatic N) is 4. The van der Waals surface area contributed by atoms with Crippen LogP contribution in [0.2, 0.25) is 0 Å². The number of aromatic nitrogens is 1. The number of benzene rings is 1. The first-order valence-corrected chi connectivity index (χ1v) is 11.7. The fraction of sp³-hybridized carbons (Fsp3) is 0.520. The Morgan fingerprint density at radius 2 is 2.00 bits per heavy atom. The molecular formula is C25H32N4O2. The third-order valence-electron chi connectivity index (χ3n) is 6.94. The molecule has 0 spiro atoms. The number of carbonyl (C=O) groups is 1. The molecule has 0 bridgehead atoms. The summed E-state index contributed by atoms with van der Waals surface area (Å²) in [6, 6.07) is 11.3. The Hall–Kier alpha value is -2.44. The van der Waals surface area contributed by atoms with Gasteiger partial charge in [-0.2, -0.15) is 0 Å². The van der Waals surface area contributed by atoms with Crippen LogP contribution >= 0.6 is 0 Å². The summed E-state index contributed by atoms with van der Waals surface area (Å²) >= 11 is 0. The summed E-state index contributed by atoms with van der Waals surface area (Å²) in [7, 11) is 0. The Morgan fingerprint density at radius 1 is 1.13 bits per heavy atom. The van der Waals surface area contributed by atoms with Gasteiger partial charge in [-0.25, -0.2) is 0 Å². The molecule has 1 aromatic heterocycles. The van der Waals surface area contributed by atoms with Gasteiger partial charge in [-0.1, -0.05) is 12.1 Å². The molecule has 2 fully saturated rings. The number of fused-ring (bicyclic) bond motifs is 1. The molecule has 31 heavy (non-hydrogen) atoms. The van der Waals surface area contributed by atoms with E-state index < -0.39 is 0 Å². The predicted molar refractivity (Wildman–Crippen MR) is 121 cm³/mol. The predicted octanol–water partition coefficient (Wildman–Crippen LogP) is 3.27. The highest BCUT2D eigenvalue weighted by atomic mass is 16.5. The molecule has 4 heterocycles. The van der Waals surface area contributed by atoms with Crippen molar-refractivity contribution in [3.63, 3.8) is 0 Å². The second kappa shape index (κ2) is 8.97. The van der Waals surface area contributed by atoms with Crippen molar-refractivity contribution in [2.24, 2.45) is 0 Å². The SMILES string of the molecule is CCN1CCc2cc(CN3CCCC3c3ccc(C(=O)N4CCOCC4)cn3)ccc21. The normalized spacial score (nSPS) is 21.5. The van der Waals surface area contributed by atoms with Crippen LogP contribution in [0.3, 0.4) is 0 Å². The van der Waals surface area contributed by atoms with E-state index >= 15 is 0 Å². The lowest BCUT2D eigenvalue weighted by Crippen LogP contribution is -2.40. The standard InChI is InChI=1S/C25H32N4O2/c1-2-27-11-9-20-16-19(5-8-23(20)27)18-29-10-3-4-24(29)22-7-6-21(17-26-22)25(30)28-12-14-31-15-13-28/h5-8,16-17,24H,2-4,9-15,18H2,1H3. The van der Waals surface area contributed by atoms with Crippen LogP contribution in [0.5, 0.6) is 0 Å². The summed E-state index contributed by atoms with van der Waals surface area (Å²) in [5.41, 5.74) is 6.04. The third kappa shape index (κ3) is 4.19. The zero-order valence-electron chi connectivity index (χ0n) is 18.4. The van der Waals surface area contributed by atoms with Crippen LogP contribution in [-0.2, 0) is 17.7 Å². The van der Waals surface area contributed by atoms with Crippen molar-refractivity contribution in [2.75, 3.05) is 50.8 Å². The van der Waals surface area contributed by atoms with E-state index in [1.807, 2.05) is 11.0 Å². The average molecular weight is 421 g/mol. The highest BCUT2D eigenvalue weighted by Crippen LogP contribution is 2.34. The molecule has 1 atom stereocenters. The van der Waals surface area contributed by atoms with Gasteiger partial charge in [-0.3, -0.25) is 14.7 Å². The van der Waals surface area contributed by atoms with Crippen molar-refractivity contribution in [1.29, 1.82) is 0 Å². The third-order valence-corrected chi connectivity index (χ3v) is 6.94. The van der Waals surface area contributed by atoms with Crippen LogP contribution in [-0.4, -0.2) is 66.6 Å². The van der Waals surface area contributed by atoms with Gasteiger partial charge in [0.15, 0.2) is 0 Å². The fourth-order valence-corrected chi connectivity index (χ4v) is 5.21. The first-order valence-electron chi connectivity index (χ1n) is 11.7. The van der Waals surface area contributed by atoms with Gasteiger partial charge >= 0.3 is 0 Å². The average Bonchev–Trinajstić information content (AvgIpc) is 3.45. The van der Waals surface area contributed by atoms with Crippen molar-refractivity contribution in [3.8, 4) is 0 Å². The van der Waals surface area contributed by atoms with Gasteiger partial charge < -0.3 is 14.5 Å². The molecular weight excluding hydrogens is 388 g/mol. The Bertz CT molecular complexity index is 924. The summed E-state index contributed by atoms with van der Waals surface area (Å²) in [4.78, 5) is 24.3. The second-order valence-corrected chi connectivity index (χ2v) is 8.80. The highest BCUT2D eigenvalue weighted by molar-refractivity contribution is 5.94. The van der Waals surface area contributed by atoms with Crippen molar-refractivity contribution >= 4 is 11.6 Å². The molecule has 0 N–H and O–H groups in total. The lowest BCUT2D eigenvalue weighted by atomic mass is 10.1. The maximum absolute atomic E-state index is 12.7. The molecule has 5 rings (SSSR count). The van der Waals surface area contributed by atoms with Gasteiger partial charge in [0.2, 0.25) is 0 Å². The zero-order valence-corrected chi connectivity index (χ0v) is 18.4. The summed E-state index contributed by atoms with van der Waals surface area (Å²) in [5.74, 6) is 0.0601. The minimum absolute atomic E-state index is 0.0601. The molecule has 0 aliphatic carbocycles. The molecule has 1 unspecified atom stereocenters. The number of rotatable bonds is 5. The van der Waals surface area contributed by atoms with E-state index in [0.717, 1.165) is 44.7 Å². The molecule has 1 aromatic carbocycles. The molecule has 6 heteroatoms. The Kier molecular flexibility index (Phi) is 5.92. The van der Waals surface area contributed by atoms with E-state index in [-0.39, 0.29) is 5.91 Å². The van der Waals surface area contributed by atoms with Gasteiger partial charge in [-0.15, -0.1) is 0 Å². The van der Waals surface area contributed by atoms with Gasteiger partial charge in [0.1, 0.15) is 0 Å². The summed E-state index contributed by atoms with van der Waals surface area (Å²) < 4.78 is 5.35. The van der Waals surface area contributed by atoms with Gasteiger partial charge in [0, 0.05) is 44.6 Å². The van der Waals surface area contributed by atoms with Crippen molar-refractivity contribution in [3.05, 3.63) is 58.9 Å². The molecule has 3 aliphatic rings. The van der Waals surface area contributed by atoms with Gasteiger partial charge in [0.25, 0.3) is 5.91 Å². The lowest BCUT2D eigenvalue weighted by Gasteiger charge is -2.27. The largest absolute Gasteiger partial charge is 0.378 e. The maximum atomic E-state index is 12.7. The van der Waals surface area contributed by atoms with Crippen LogP contribution in [0.15, 0.2) is 36.5 Å². The molecule has 2 saturated heterocycles. The Labute approximate surface area is 184 Å². The lowest BCUT2D eigenvalue weighted by molar-refractivity contribution is 0.0302. The second-order valence-electron chi connectivity index (χ2n) is 8.80. The Morgan fingerprint density at radius 3 is 2.77 bits per heavy atom. The van der Waals surface area contributed by atoms with Gasteiger partial charge in [-0.05, 0) is 62.1 Å². The molecule has 6 nitrogen and oxygen atoms in total. The number of likely N-dealkylation sites (tertiary alicyclic amines) is 1. The first-order chi connectivity index (χ1) is 15.2. The minimum atomic E-state index is 0.0601. The quantitative estimate of drug-likeness (QED) is 0.743. The van der Waals surface area contributed by atoms with Gasteiger partial charge in [0.05, 0.1) is 30.5 Å². The highest BCUT2D eigenvalue weighted by Gasteiger charge is 2.28. The number of hydrogen-bond donors (Lipinski definition) is 0. The van der Waals surface area contributed by atoms with E-state index in [1.165, 1.54) is 23.2 Å². The number of hydrogen-bond acceptors (Lipinski definition) is 5. The topological polar surface area (TPSA) is 48.9 Å². The van der Waals surface area contributed by atoms with Crippen LogP contribution in [0.1, 0.15) is 53.0 Å². The van der Waals surface area contributed by atoms with E-state index in [4.69, 9.17) is 9.72 Å². The van der Waals surface area contributed by atoms with E-state index in [1.54, 1.807) is 6.20 Å². The summed E-state index contributed by atoms with van der Waals surface area (Å²) in [5, 5.41) is 0. The molecule has 0 saturated carbocycles. The van der Waals surface area contributed by atoms with Crippen LogP contribution in [0, 0.1) is 0 Å². The first kappa shape index (κ1) is 20.5. The fourth-order valence-electron chi connectivity index (χ4n) is 5.21. The number of likely N-dealkylation sites (N-methyl/N-ethyl adjacent to an activating group) is 1.